The molecule has 1 rings (SSSR count). The van der Waals surface area contributed by atoms with Crippen molar-refractivity contribution in [1.29, 1.82) is 0 Å². The summed E-state index contributed by atoms with van der Waals surface area (Å²) in [6, 6.07) is 0.588. The highest BCUT2D eigenvalue weighted by Crippen LogP contribution is 2.22. The molecule has 1 aliphatic carbocycles. The van der Waals surface area contributed by atoms with Gasteiger partial charge >= 0.3 is 0 Å². The molecule has 0 aromatic carbocycles. The van der Waals surface area contributed by atoms with Gasteiger partial charge in [-0.15, -0.1) is 11.6 Å². The van der Waals surface area contributed by atoms with E-state index in [0.717, 1.165) is 6.54 Å². The lowest BCUT2D eigenvalue weighted by molar-refractivity contribution is 0.380. The van der Waals surface area contributed by atoms with Gasteiger partial charge in [-0.3, -0.25) is 0 Å². The fourth-order valence-electron chi connectivity index (χ4n) is 1.65. The largest absolute Gasteiger partial charge is 0.313 e. The number of halogens is 1. The maximum absolute atomic E-state index is 6.16. The lowest BCUT2D eigenvalue weighted by atomic mass is 9.95. The van der Waals surface area contributed by atoms with Crippen LogP contribution in [0.5, 0.6) is 0 Å². The molecule has 1 nitrogen and oxygen atoms in total. The summed E-state index contributed by atoms with van der Waals surface area (Å²) < 4.78 is 0. The van der Waals surface area contributed by atoms with Crippen LogP contribution in [-0.2, 0) is 0 Å². The van der Waals surface area contributed by atoms with Crippen molar-refractivity contribution in [3.05, 3.63) is 0 Å². The van der Waals surface area contributed by atoms with E-state index >= 15 is 0 Å². The lowest BCUT2D eigenvalue weighted by Crippen LogP contribution is -2.39. The molecule has 1 aliphatic rings. The topological polar surface area (TPSA) is 12.0 Å². The summed E-state index contributed by atoms with van der Waals surface area (Å²) in [6.07, 6.45) is 6.35. The molecule has 0 amide bonds. The summed E-state index contributed by atoms with van der Waals surface area (Å²) in [4.78, 5) is 0. The van der Waals surface area contributed by atoms with Gasteiger partial charge in [0.2, 0.25) is 0 Å². The smallest absolute Gasteiger partial charge is 0.0489 e. The molecule has 0 spiro atoms. The van der Waals surface area contributed by atoms with Crippen molar-refractivity contribution >= 4 is 11.6 Å². The molecule has 2 atom stereocenters. The fourth-order valence-corrected chi connectivity index (χ4v) is 2.01. The molecule has 0 bridgehead atoms. The number of rotatable bonds is 3. The third kappa shape index (κ3) is 3.00. The van der Waals surface area contributed by atoms with Gasteiger partial charge in [0.15, 0.2) is 0 Å². The first-order valence-electron chi connectivity index (χ1n) is 4.72. The maximum atomic E-state index is 6.16. The van der Waals surface area contributed by atoms with Crippen LogP contribution in [0.3, 0.4) is 0 Å². The molecular weight excluding hydrogens is 158 g/mol. The summed E-state index contributed by atoms with van der Waals surface area (Å²) >= 11 is 6.16. The second-order valence-electron chi connectivity index (χ2n) is 3.36. The fraction of sp³-hybridized carbons (Fsp3) is 1.00. The van der Waals surface area contributed by atoms with Crippen LogP contribution in [0, 0.1) is 0 Å². The number of hydrogen-bond donors (Lipinski definition) is 1. The maximum Gasteiger partial charge on any atom is 0.0489 e. The third-order valence-electron chi connectivity index (χ3n) is 2.34. The zero-order valence-electron chi connectivity index (χ0n) is 7.28. The van der Waals surface area contributed by atoms with Crippen LogP contribution in [0.1, 0.15) is 39.0 Å². The molecule has 0 radical (unpaired) electrons. The Morgan fingerprint density at radius 3 is 2.73 bits per heavy atom. The molecule has 0 heterocycles. The second kappa shape index (κ2) is 5.00. The van der Waals surface area contributed by atoms with E-state index in [0.29, 0.717) is 11.4 Å². The standard InChI is InChI=1S/C9H18ClN/c1-2-7-11-9-6-4-3-5-8(9)10/h8-9,11H,2-7H2,1H3. The minimum Gasteiger partial charge on any atom is -0.313 e. The monoisotopic (exact) mass is 175 g/mol. The number of alkyl halides is 1. The Bertz CT molecular complexity index is 106. The number of hydrogen-bond acceptors (Lipinski definition) is 1. The molecule has 2 unspecified atom stereocenters. The molecule has 1 fully saturated rings. The molecule has 1 saturated carbocycles. The first kappa shape index (κ1) is 9.34. The van der Waals surface area contributed by atoms with Gasteiger partial charge in [0.1, 0.15) is 0 Å². The van der Waals surface area contributed by atoms with Crippen LogP contribution in [0.4, 0.5) is 0 Å². The molecule has 2 heteroatoms. The van der Waals surface area contributed by atoms with Gasteiger partial charge < -0.3 is 5.32 Å². The summed E-state index contributed by atoms with van der Waals surface area (Å²) in [5.41, 5.74) is 0. The Hall–Kier alpha value is 0.250. The van der Waals surface area contributed by atoms with Gasteiger partial charge in [-0.05, 0) is 25.8 Å². The van der Waals surface area contributed by atoms with Crippen molar-refractivity contribution < 1.29 is 0 Å². The van der Waals surface area contributed by atoms with Crippen LogP contribution in [-0.4, -0.2) is 18.0 Å². The summed E-state index contributed by atoms with van der Waals surface area (Å²) in [7, 11) is 0. The average Bonchev–Trinajstić information content (AvgIpc) is 2.03. The van der Waals surface area contributed by atoms with E-state index in [-0.39, 0.29) is 0 Å². The predicted molar refractivity (Wildman–Crippen MR) is 50.2 cm³/mol. The van der Waals surface area contributed by atoms with Crippen molar-refractivity contribution in [3.63, 3.8) is 0 Å². The van der Waals surface area contributed by atoms with Crippen molar-refractivity contribution in [1.82, 2.24) is 5.32 Å². The minimum atomic E-state index is 0.385. The van der Waals surface area contributed by atoms with E-state index in [4.69, 9.17) is 11.6 Å². The zero-order chi connectivity index (χ0) is 8.10. The Kier molecular flexibility index (Phi) is 4.24. The highest BCUT2D eigenvalue weighted by atomic mass is 35.5. The number of nitrogens with one attached hydrogen (secondary N) is 1. The van der Waals surface area contributed by atoms with Crippen molar-refractivity contribution in [3.8, 4) is 0 Å². The molecule has 0 saturated heterocycles. The Morgan fingerprint density at radius 2 is 2.09 bits per heavy atom. The lowest BCUT2D eigenvalue weighted by Gasteiger charge is -2.27. The third-order valence-corrected chi connectivity index (χ3v) is 2.86. The Balaban J connectivity index is 2.18. The van der Waals surface area contributed by atoms with Crippen LogP contribution < -0.4 is 5.32 Å². The molecule has 66 valence electrons. The van der Waals surface area contributed by atoms with Gasteiger partial charge in [-0.2, -0.15) is 0 Å². The van der Waals surface area contributed by atoms with Gasteiger partial charge in [0.05, 0.1) is 0 Å². The van der Waals surface area contributed by atoms with E-state index in [2.05, 4.69) is 12.2 Å². The minimum absolute atomic E-state index is 0.385. The van der Waals surface area contributed by atoms with E-state index in [9.17, 15) is 0 Å². The Labute approximate surface area is 74.5 Å². The highest BCUT2D eigenvalue weighted by molar-refractivity contribution is 6.21. The van der Waals surface area contributed by atoms with Gasteiger partial charge in [0, 0.05) is 11.4 Å². The van der Waals surface area contributed by atoms with Gasteiger partial charge in [0.25, 0.3) is 0 Å². The quantitative estimate of drug-likeness (QED) is 0.651. The first-order chi connectivity index (χ1) is 5.34. The van der Waals surface area contributed by atoms with Crippen molar-refractivity contribution in [2.45, 2.75) is 50.4 Å². The van der Waals surface area contributed by atoms with Gasteiger partial charge in [-0.1, -0.05) is 19.8 Å². The van der Waals surface area contributed by atoms with Crippen LogP contribution >= 0.6 is 11.6 Å². The van der Waals surface area contributed by atoms with E-state index in [1.807, 2.05) is 0 Å². The van der Waals surface area contributed by atoms with E-state index in [1.54, 1.807) is 0 Å². The average molecular weight is 176 g/mol. The van der Waals surface area contributed by atoms with Crippen LogP contribution in [0.15, 0.2) is 0 Å². The summed E-state index contributed by atoms with van der Waals surface area (Å²) in [5, 5.41) is 3.87. The van der Waals surface area contributed by atoms with Crippen molar-refractivity contribution in [2.75, 3.05) is 6.54 Å². The second-order valence-corrected chi connectivity index (χ2v) is 3.92. The van der Waals surface area contributed by atoms with E-state index in [1.165, 1.54) is 32.1 Å². The molecule has 11 heavy (non-hydrogen) atoms. The first-order valence-corrected chi connectivity index (χ1v) is 5.15. The molecule has 0 aromatic rings. The highest BCUT2D eigenvalue weighted by Gasteiger charge is 2.21. The Morgan fingerprint density at radius 1 is 1.36 bits per heavy atom. The molecule has 1 N–H and O–H groups in total. The predicted octanol–water partition coefficient (Wildman–Crippen LogP) is 2.54. The summed E-state index contributed by atoms with van der Waals surface area (Å²) in [5.74, 6) is 0. The van der Waals surface area contributed by atoms with Crippen molar-refractivity contribution in [2.24, 2.45) is 0 Å². The van der Waals surface area contributed by atoms with Crippen LogP contribution in [0.2, 0.25) is 0 Å². The van der Waals surface area contributed by atoms with Crippen LogP contribution in [0.25, 0.3) is 0 Å². The normalized spacial score (nSPS) is 32.2. The molecular formula is C9H18ClN. The molecule has 0 aromatic heterocycles. The summed E-state index contributed by atoms with van der Waals surface area (Å²) in [6.45, 7) is 3.31. The zero-order valence-corrected chi connectivity index (χ0v) is 8.03. The molecule has 0 aliphatic heterocycles. The van der Waals surface area contributed by atoms with E-state index < -0.39 is 0 Å². The SMILES string of the molecule is CCCNC1CCCCC1Cl. The van der Waals surface area contributed by atoms with Gasteiger partial charge in [-0.25, -0.2) is 0 Å².